The molecular weight excluding hydrogens is 344 g/mol. The molecule has 4 nitrogen and oxygen atoms in total. The van der Waals surface area contributed by atoms with Crippen LogP contribution in [0.4, 0.5) is 0 Å². The van der Waals surface area contributed by atoms with Crippen LogP contribution in [0.1, 0.15) is 25.5 Å². The molecule has 0 amide bonds. The van der Waals surface area contributed by atoms with Gasteiger partial charge in [0.25, 0.3) is 0 Å². The van der Waals surface area contributed by atoms with Crippen LogP contribution in [0, 0.1) is 6.92 Å². The maximum atomic E-state index is 12.6. The first-order valence-corrected chi connectivity index (χ1v) is 9.90. The molecule has 0 aliphatic heterocycles. The van der Waals surface area contributed by atoms with E-state index in [1.54, 1.807) is 24.0 Å². The Morgan fingerprint density at radius 1 is 1.27 bits per heavy atom. The van der Waals surface area contributed by atoms with E-state index in [1.807, 2.05) is 59.6 Å². The zero-order valence-corrected chi connectivity index (χ0v) is 16.0. The van der Waals surface area contributed by atoms with Crippen LogP contribution in [-0.2, 0) is 0 Å². The number of pyridine rings is 2. The number of hydrogen-bond donors (Lipinski definition) is 0. The number of thioether (sulfide) groups is 1. The fraction of sp³-hybridized carbons (Fsp3) is 0.238. The van der Waals surface area contributed by atoms with E-state index in [2.05, 4.69) is 11.9 Å². The van der Waals surface area contributed by atoms with Gasteiger partial charge in [0, 0.05) is 35.5 Å². The number of ether oxygens (including phenoxy) is 1. The van der Waals surface area contributed by atoms with Crippen molar-refractivity contribution in [3.63, 3.8) is 0 Å². The lowest BCUT2D eigenvalue weighted by Crippen LogP contribution is -2.12. The van der Waals surface area contributed by atoms with E-state index < -0.39 is 0 Å². The van der Waals surface area contributed by atoms with Crippen molar-refractivity contribution < 1.29 is 4.74 Å². The summed E-state index contributed by atoms with van der Waals surface area (Å²) in [5.74, 6) is 1.38. The fourth-order valence-electron chi connectivity index (χ4n) is 2.86. The van der Waals surface area contributed by atoms with Crippen LogP contribution in [0.5, 0.6) is 5.88 Å². The second kappa shape index (κ2) is 8.23. The van der Waals surface area contributed by atoms with Gasteiger partial charge in [-0.05, 0) is 37.8 Å². The van der Waals surface area contributed by atoms with Crippen LogP contribution in [0.25, 0.3) is 16.6 Å². The van der Waals surface area contributed by atoms with Crippen LogP contribution < -0.4 is 10.2 Å². The molecule has 3 rings (SSSR count). The van der Waals surface area contributed by atoms with E-state index in [0.29, 0.717) is 11.3 Å². The maximum absolute atomic E-state index is 12.6. The molecule has 0 N–H and O–H groups in total. The lowest BCUT2D eigenvalue weighted by atomic mass is 10.2. The van der Waals surface area contributed by atoms with Gasteiger partial charge in [0.1, 0.15) is 5.76 Å². The Kier molecular flexibility index (Phi) is 5.78. The van der Waals surface area contributed by atoms with Gasteiger partial charge in [0.15, 0.2) is 5.43 Å². The SMILES string of the molecule is CCC/C(=C\SC)Oc1cc(=O)c2cnc(C)cc2n1-c1ccccc1. The summed E-state index contributed by atoms with van der Waals surface area (Å²) in [6, 6.07) is 13.4. The van der Waals surface area contributed by atoms with Crippen LogP contribution >= 0.6 is 11.8 Å². The number of aromatic nitrogens is 2. The molecule has 2 aromatic heterocycles. The first-order valence-electron chi connectivity index (χ1n) is 8.61. The topological polar surface area (TPSA) is 44.1 Å². The molecule has 0 saturated heterocycles. The first-order chi connectivity index (χ1) is 12.6. The minimum atomic E-state index is -0.0883. The Morgan fingerprint density at radius 3 is 2.73 bits per heavy atom. The second-order valence-electron chi connectivity index (χ2n) is 6.03. The lowest BCUT2D eigenvalue weighted by molar-refractivity contribution is 0.380. The third kappa shape index (κ3) is 3.83. The van der Waals surface area contributed by atoms with E-state index in [0.717, 1.165) is 35.5 Å². The standard InChI is InChI=1S/C21H22N2O2S/c1-4-8-17(14-26-3)25-21-12-20(24)18-13-22-15(2)11-19(18)23(21)16-9-6-5-7-10-16/h5-7,9-14H,4,8H2,1-3H3/b17-14+. The van der Waals surface area contributed by atoms with Crippen molar-refractivity contribution in [1.82, 2.24) is 9.55 Å². The first kappa shape index (κ1) is 18.3. The second-order valence-corrected chi connectivity index (χ2v) is 6.74. The van der Waals surface area contributed by atoms with Crippen molar-refractivity contribution in [2.75, 3.05) is 6.26 Å². The van der Waals surface area contributed by atoms with Gasteiger partial charge in [-0.3, -0.25) is 14.3 Å². The molecule has 0 radical (unpaired) electrons. The molecule has 0 atom stereocenters. The highest BCUT2D eigenvalue weighted by Gasteiger charge is 2.14. The average molecular weight is 366 g/mol. The molecule has 0 unspecified atom stereocenters. The summed E-state index contributed by atoms with van der Waals surface area (Å²) >= 11 is 1.60. The minimum Gasteiger partial charge on any atom is -0.444 e. The Bertz CT molecular complexity index is 994. The predicted octanol–water partition coefficient (Wildman–Crippen LogP) is 5.08. The fourth-order valence-corrected chi connectivity index (χ4v) is 3.29. The predicted molar refractivity (Wildman–Crippen MR) is 109 cm³/mol. The van der Waals surface area contributed by atoms with Crippen molar-refractivity contribution in [1.29, 1.82) is 0 Å². The van der Waals surface area contributed by atoms with E-state index in [4.69, 9.17) is 4.74 Å². The summed E-state index contributed by atoms with van der Waals surface area (Å²) in [6.45, 7) is 4.03. The molecule has 0 bridgehead atoms. The van der Waals surface area contributed by atoms with Crippen molar-refractivity contribution >= 4 is 22.7 Å². The Hall–Kier alpha value is -2.53. The Morgan fingerprint density at radius 2 is 2.04 bits per heavy atom. The van der Waals surface area contributed by atoms with Gasteiger partial charge in [-0.15, -0.1) is 11.8 Å². The summed E-state index contributed by atoms with van der Waals surface area (Å²) in [7, 11) is 0. The lowest BCUT2D eigenvalue weighted by Gasteiger charge is -2.18. The number of para-hydroxylation sites is 1. The van der Waals surface area contributed by atoms with Gasteiger partial charge in [-0.25, -0.2) is 0 Å². The number of nitrogens with zero attached hydrogens (tertiary/aromatic N) is 2. The largest absolute Gasteiger partial charge is 0.444 e. The number of aryl methyl sites for hydroxylation is 1. The number of benzene rings is 1. The third-order valence-corrected chi connectivity index (χ3v) is 4.49. The molecular formula is C21H22N2O2S. The molecule has 5 heteroatoms. The van der Waals surface area contributed by atoms with Crippen molar-refractivity contribution in [3.05, 3.63) is 75.7 Å². The summed E-state index contributed by atoms with van der Waals surface area (Å²) in [6.07, 6.45) is 5.43. The summed E-state index contributed by atoms with van der Waals surface area (Å²) in [5.41, 5.74) is 2.51. The summed E-state index contributed by atoms with van der Waals surface area (Å²) in [5, 5.41) is 2.57. The highest BCUT2D eigenvalue weighted by atomic mass is 32.2. The van der Waals surface area contributed by atoms with Crippen molar-refractivity contribution in [2.24, 2.45) is 0 Å². The molecule has 0 aliphatic rings. The molecule has 2 heterocycles. The van der Waals surface area contributed by atoms with Gasteiger partial charge in [-0.2, -0.15) is 0 Å². The highest BCUT2D eigenvalue weighted by molar-refractivity contribution is 8.01. The maximum Gasteiger partial charge on any atom is 0.208 e. The minimum absolute atomic E-state index is 0.0883. The highest BCUT2D eigenvalue weighted by Crippen LogP contribution is 2.26. The summed E-state index contributed by atoms with van der Waals surface area (Å²) in [4.78, 5) is 16.9. The zero-order valence-electron chi connectivity index (χ0n) is 15.2. The van der Waals surface area contributed by atoms with Crippen LogP contribution in [-0.4, -0.2) is 15.8 Å². The quantitative estimate of drug-likeness (QED) is 0.571. The number of hydrogen-bond acceptors (Lipinski definition) is 4. The van der Waals surface area contributed by atoms with Crippen molar-refractivity contribution in [3.8, 4) is 11.6 Å². The monoisotopic (exact) mass is 366 g/mol. The third-order valence-electron chi connectivity index (χ3n) is 4.00. The molecule has 0 fully saturated rings. The summed E-state index contributed by atoms with van der Waals surface area (Å²) < 4.78 is 8.17. The molecule has 0 saturated carbocycles. The number of allylic oxidation sites excluding steroid dienone is 1. The van der Waals surface area contributed by atoms with Gasteiger partial charge in [0.05, 0.1) is 10.9 Å². The van der Waals surface area contributed by atoms with Crippen LogP contribution in [0.15, 0.2) is 64.6 Å². The molecule has 0 spiro atoms. The van der Waals surface area contributed by atoms with Gasteiger partial charge in [0.2, 0.25) is 5.88 Å². The molecule has 134 valence electrons. The van der Waals surface area contributed by atoms with E-state index in [1.165, 1.54) is 0 Å². The van der Waals surface area contributed by atoms with Gasteiger partial charge >= 0.3 is 0 Å². The Balaban J connectivity index is 2.28. The van der Waals surface area contributed by atoms with Crippen molar-refractivity contribution in [2.45, 2.75) is 26.7 Å². The van der Waals surface area contributed by atoms with Crippen LogP contribution in [0.2, 0.25) is 0 Å². The smallest absolute Gasteiger partial charge is 0.208 e. The van der Waals surface area contributed by atoms with E-state index >= 15 is 0 Å². The normalized spacial score (nSPS) is 11.7. The van der Waals surface area contributed by atoms with E-state index in [-0.39, 0.29) is 5.43 Å². The molecule has 26 heavy (non-hydrogen) atoms. The number of rotatable bonds is 6. The number of fused-ring (bicyclic) bond motifs is 1. The van der Waals surface area contributed by atoms with Gasteiger partial charge < -0.3 is 4.74 Å². The average Bonchev–Trinajstić information content (AvgIpc) is 2.63. The zero-order chi connectivity index (χ0) is 18.5. The van der Waals surface area contributed by atoms with Gasteiger partial charge in [-0.1, -0.05) is 25.1 Å². The van der Waals surface area contributed by atoms with Crippen LogP contribution in [0.3, 0.4) is 0 Å². The molecule has 1 aromatic carbocycles. The Labute approximate surface area is 157 Å². The van der Waals surface area contributed by atoms with E-state index in [9.17, 15) is 4.79 Å². The molecule has 0 aliphatic carbocycles. The molecule has 3 aromatic rings.